The summed E-state index contributed by atoms with van der Waals surface area (Å²) in [6.07, 6.45) is 3.86. The molecule has 0 heterocycles. The number of benzene rings is 1. The Morgan fingerprint density at radius 1 is 1.45 bits per heavy atom. The van der Waals surface area contributed by atoms with Crippen molar-refractivity contribution < 1.29 is 14.6 Å². The number of nitrogens with zero attached hydrogens (tertiary/aromatic N) is 1. The highest BCUT2D eigenvalue weighted by molar-refractivity contribution is 5.90. The monoisotopic (exact) mass is 271 g/mol. The summed E-state index contributed by atoms with van der Waals surface area (Å²) in [7, 11) is 0. The first-order valence-corrected chi connectivity index (χ1v) is 6.32. The van der Waals surface area contributed by atoms with Gasteiger partial charge in [0, 0.05) is 0 Å². The second-order valence-corrected chi connectivity index (χ2v) is 4.00. The molecule has 1 atom stereocenters. The van der Waals surface area contributed by atoms with Crippen LogP contribution in [-0.4, -0.2) is 17.7 Å². The minimum absolute atomic E-state index is 0.162. The van der Waals surface area contributed by atoms with Crippen LogP contribution in [0.1, 0.15) is 31.1 Å². The van der Waals surface area contributed by atoms with Crippen LogP contribution in [0.5, 0.6) is 0 Å². The molecule has 4 nitrogen and oxygen atoms in total. The van der Waals surface area contributed by atoms with Gasteiger partial charge in [-0.15, -0.1) is 0 Å². The number of carbonyl (C=O) groups is 1. The number of aliphatic hydroxyl groups excluding tert-OH is 1. The quantitative estimate of drug-likeness (QED) is 0.508. The molecule has 0 spiro atoms. The molecule has 4 heteroatoms. The number of esters is 1. The van der Waals surface area contributed by atoms with Gasteiger partial charge in [-0.3, -0.25) is 0 Å². The second kappa shape index (κ2) is 7.93. The minimum atomic E-state index is -1.09. The molecule has 0 bridgehead atoms. The van der Waals surface area contributed by atoms with E-state index in [1.807, 2.05) is 13.0 Å². The summed E-state index contributed by atoms with van der Waals surface area (Å²) >= 11 is 0. The maximum absolute atomic E-state index is 11.9. The Labute approximate surface area is 118 Å². The Morgan fingerprint density at radius 3 is 2.60 bits per heavy atom. The molecule has 0 amide bonds. The van der Waals surface area contributed by atoms with Gasteiger partial charge in [-0.25, -0.2) is 4.79 Å². The predicted molar refractivity (Wildman–Crippen MR) is 75.6 cm³/mol. The molecule has 20 heavy (non-hydrogen) atoms. The minimum Gasteiger partial charge on any atom is -0.463 e. The smallest absolute Gasteiger partial charge is 0.337 e. The van der Waals surface area contributed by atoms with E-state index in [-0.39, 0.29) is 12.2 Å². The number of carbonyl (C=O) groups excluding carboxylic acids is 1. The standard InChI is InChI=1S/C16H17NO3/c1-3-5-6-14(16(19)20-4-2)15(18)13-9-7-12(11-17)8-10-13/h3,5-10,15,18H,4H2,1-2H3/b5-3+,14-6+. The number of rotatable bonds is 5. The Hall–Kier alpha value is -2.38. The molecule has 0 aliphatic heterocycles. The van der Waals surface area contributed by atoms with Crippen LogP contribution in [0.25, 0.3) is 0 Å². The van der Waals surface area contributed by atoms with E-state index < -0.39 is 12.1 Å². The zero-order valence-corrected chi connectivity index (χ0v) is 11.5. The first kappa shape index (κ1) is 15.7. The zero-order chi connectivity index (χ0) is 15.0. The van der Waals surface area contributed by atoms with Crippen LogP contribution in [0, 0.1) is 11.3 Å². The lowest BCUT2D eigenvalue weighted by molar-refractivity contribution is -0.139. The molecule has 1 N–H and O–H groups in total. The highest BCUT2D eigenvalue weighted by Gasteiger charge is 2.21. The number of hydrogen-bond donors (Lipinski definition) is 1. The van der Waals surface area contributed by atoms with Crippen molar-refractivity contribution in [3.8, 4) is 6.07 Å². The van der Waals surface area contributed by atoms with Crippen molar-refractivity contribution >= 4 is 5.97 Å². The van der Waals surface area contributed by atoms with Crippen LogP contribution in [0.3, 0.4) is 0 Å². The SMILES string of the molecule is C/C=C/C=C(/C(=O)OCC)C(O)c1ccc(C#N)cc1. The van der Waals surface area contributed by atoms with Crippen LogP contribution < -0.4 is 0 Å². The number of aliphatic hydroxyl groups is 1. The largest absolute Gasteiger partial charge is 0.463 e. The van der Waals surface area contributed by atoms with Crippen molar-refractivity contribution in [3.05, 3.63) is 59.2 Å². The molecule has 1 aromatic carbocycles. The molecular formula is C16H17NO3. The summed E-state index contributed by atoms with van der Waals surface area (Å²) in [4.78, 5) is 11.9. The van der Waals surface area contributed by atoms with E-state index in [0.29, 0.717) is 11.1 Å². The van der Waals surface area contributed by atoms with Crippen molar-refractivity contribution in [2.75, 3.05) is 6.61 Å². The average Bonchev–Trinajstić information content (AvgIpc) is 2.48. The van der Waals surface area contributed by atoms with Crippen molar-refractivity contribution in [3.63, 3.8) is 0 Å². The summed E-state index contributed by atoms with van der Waals surface area (Å²) in [5.41, 5.74) is 1.19. The molecule has 0 radical (unpaired) electrons. The van der Waals surface area contributed by atoms with Gasteiger partial charge in [-0.1, -0.05) is 24.3 Å². The Kier molecular flexibility index (Phi) is 6.21. The lowest BCUT2D eigenvalue weighted by atomic mass is 10.00. The van der Waals surface area contributed by atoms with E-state index >= 15 is 0 Å². The fourth-order valence-corrected chi connectivity index (χ4v) is 1.60. The van der Waals surface area contributed by atoms with Gasteiger partial charge in [0.1, 0.15) is 6.10 Å². The fourth-order valence-electron chi connectivity index (χ4n) is 1.60. The highest BCUT2D eigenvalue weighted by Crippen LogP contribution is 2.23. The van der Waals surface area contributed by atoms with Gasteiger partial charge < -0.3 is 9.84 Å². The number of allylic oxidation sites excluding steroid dienone is 3. The van der Waals surface area contributed by atoms with Crippen LogP contribution >= 0.6 is 0 Å². The van der Waals surface area contributed by atoms with E-state index in [1.54, 1.807) is 43.3 Å². The Morgan fingerprint density at radius 2 is 2.10 bits per heavy atom. The predicted octanol–water partition coefficient (Wildman–Crippen LogP) is 2.66. The zero-order valence-electron chi connectivity index (χ0n) is 11.5. The highest BCUT2D eigenvalue weighted by atomic mass is 16.5. The van der Waals surface area contributed by atoms with Crippen LogP contribution in [0.2, 0.25) is 0 Å². The van der Waals surface area contributed by atoms with Gasteiger partial charge in [0.05, 0.1) is 23.8 Å². The van der Waals surface area contributed by atoms with Crippen molar-refractivity contribution in [2.24, 2.45) is 0 Å². The summed E-state index contributed by atoms with van der Waals surface area (Å²) in [6.45, 7) is 3.76. The lowest BCUT2D eigenvalue weighted by Gasteiger charge is -2.14. The van der Waals surface area contributed by atoms with Gasteiger partial charge >= 0.3 is 5.97 Å². The summed E-state index contributed by atoms with van der Waals surface area (Å²) in [6, 6.07) is 8.42. The molecule has 1 rings (SSSR count). The first-order valence-electron chi connectivity index (χ1n) is 6.32. The van der Waals surface area contributed by atoms with Gasteiger partial charge in [0.25, 0.3) is 0 Å². The van der Waals surface area contributed by atoms with Crippen LogP contribution in [0.4, 0.5) is 0 Å². The molecule has 1 unspecified atom stereocenters. The van der Waals surface area contributed by atoms with E-state index in [1.165, 1.54) is 6.08 Å². The Bertz CT molecular complexity index is 550. The van der Waals surface area contributed by atoms with E-state index in [9.17, 15) is 9.90 Å². The molecule has 0 aliphatic rings. The molecule has 1 aromatic rings. The van der Waals surface area contributed by atoms with Crippen molar-refractivity contribution in [1.29, 1.82) is 5.26 Å². The van der Waals surface area contributed by atoms with Gasteiger partial charge in [0.2, 0.25) is 0 Å². The molecule has 0 aromatic heterocycles. The molecular weight excluding hydrogens is 254 g/mol. The normalized spacial score (nSPS) is 13.0. The topological polar surface area (TPSA) is 70.3 Å². The second-order valence-electron chi connectivity index (χ2n) is 4.00. The van der Waals surface area contributed by atoms with E-state index in [4.69, 9.17) is 10.00 Å². The summed E-state index contributed by atoms with van der Waals surface area (Å²) in [5, 5.41) is 19.0. The van der Waals surface area contributed by atoms with Gasteiger partial charge in [-0.05, 0) is 37.6 Å². The maximum Gasteiger partial charge on any atom is 0.337 e. The van der Waals surface area contributed by atoms with Crippen molar-refractivity contribution in [2.45, 2.75) is 20.0 Å². The number of nitriles is 1. The maximum atomic E-state index is 11.9. The summed E-state index contributed by atoms with van der Waals surface area (Å²) < 4.78 is 4.94. The van der Waals surface area contributed by atoms with Crippen molar-refractivity contribution in [1.82, 2.24) is 0 Å². The Balaban J connectivity index is 3.06. The third kappa shape index (κ3) is 4.08. The molecule has 0 fully saturated rings. The fraction of sp³-hybridized carbons (Fsp3) is 0.250. The van der Waals surface area contributed by atoms with Crippen LogP contribution in [-0.2, 0) is 9.53 Å². The average molecular weight is 271 g/mol. The van der Waals surface area contributed by atoms with Gasteiger partial charge in [0.15, 0.2) is 0 Å². The lowest BCUT2D eigenvalue weighted by Crippen LogP contribution is -2.14. The third-order valence-corrected chi connectivity index (χ3v) is 2.63. The third-order valence-electron chi connectivity index (χ3n) is 2.63. The number of hydrogen-bond acceptors (Lipinski definition) is 4. The van der Waals surface area contributed by atoms with E-state index in [0.717, 1.165) is 0 Å². The number of ether oxygens (including phenoxy) is 1. The molecule has 0 saturated heterocycles. The van der Waals surface area contributed by atoms with E-state index in [2.05, 4.69) is 0 Å². The first-order chi connectivity index (χ1) is 9.63. The molecule has 104 valence electrons. The molecule has 0 aliphatic carbocycles. The summed E-state index contributed by atoms with van der Waals surface area (Å²) in [5.74, 6) is -0.553. The molecule has 0 saturated carbocycles. The van der Waals surface area contributed by atoms with Gasteiger partial charge in [-0.2, -0.15) is 5.26 Å². The van der Waals surface area contributed by atoms with Crippen LogP contribution in [0.15, 0.2) is 48.1 Å².